The lowest BCUT2D eigenvalue weighted by Gasteiger charge is -2.17. The molecule has 2 aromatic rings. The maximum absolute atomic E-state index is 6.19. The average molecular weight is 284 g/mol. The summed E-state index contributed by atoms with van der Waals surface area (Å²) in [5.74, 6) is 0.896. The van der Waals surface area contributed by atoms with Crippen molar-refractivity contribution >= 4 is 23.2 Å². The first-order valence-corrected chi connectivity index (χ1v) is 6.63. The molecule has 1 aromatic carbocycles. The molecule has 0 aliphatic carbocycles. The summed E-state index contributed by atoms with van der Waals surface area (Å²) < 4.78 is 0. The lowest BCUT2D eigenvalue weighted by molar-refractivity contribution is 0.526. The Balaban J connectivity index is 2.24. The predicted octanol–water partition coefficient (Wildman–Crippen LogP) is 3.61. The third kappa shape index (κ3) is 3.05. The summed E-state index contributed by atoms with van der Waals surface area (Å²) in [6.07, 6.45) is 4.27. The molecule has 2 rings (SSSR count). The van der Waals surface area contributed by atoms with Crippen LogP contribution in [0.2, 0.25) is 10.0 Å². The number of aromatic amines is 1. The number of halogens is 2. The van der Waals surface area contributed by atoms with Crippen molar-refractivity contribution in [2.45, 2.75) is 19.4 Å². The van der Waals surface area contributed by atoms with E-state index < -0.39 is 0 Å². The lowest BCUT2D eigenvalue weighted by Crippen LogP contribution is -2.24. The maximum atomic E-state index is 6.19. The molecule has 0 saturated heterocycles. The Labute approximate surface area is 117 Å². The van der Waals surface area contributed by atoms with Crippen LogP contribution >= 0.6 is 23.2 Å². The number of H-pyrrole nitrogens is 1. The molecule has 0 amide bonds. The van der Waals surface area contributed by atoms with Gasteiger partial charge < -0.3 is 10.3 Å². The molecule has 3 nitrogen and oxygen atoms in total. The van der Waals surface area contributed by atoms with Gasteiger partial charge >= 0.3 is 0 Å². The highest BCUT2D eigenvalue weighted by atomic mass is 35.5. The Morgan fingerprint density at radius 1 is 1.33 bits per heavy atom. The molecular formula is C13H15Cl2N3. The molecule has 5 heteroatoms. The van der Waals surface area contributed by atoms with Gasteiger partial charge in [0.1, 0.15) is 5.82 Å². The SMILES string of the molecule is CCNC(Cc1c(Cl)cccc1Cl)c1ncc[nH]1. The van der Waals surface area contributed by atoms with E-state index in [1.165, 1.54) is 0 Å². The number of imidazole rings is 1. The van der Waals surface area contributed by atoms with E-state index in [1.54, 1.807) is 6.20 Å². The molecule has 1 unspecified atom stereocenters. The van der Waals surface area contributed by atoms with E-state index in [2.05, 4.69) is 22.2 Å². The molecule has 0 spiro atoms. The van der Waals surface area contributed by atoms with E-state index in [0.717, 1.165) is 17.9 Å². The molecular weight excluding hydrogens is 269 g/mol. The van der Waals surface area contributed by atoms with Crippen LogP contribution in [-0.4, -0.2) is 16.5 Å². The van der Waals surface area contributed by atoms with E-state index in [0.29, 0.717) is 16.5 Å². The topological polar surface area (TPSA) is 40.7 Å². The summed E-state index contributed by atoms with van der Waals surface area (Å²) in [6, 6.07) is 5.65. The molecule has 1 aromatic heterocycles. The van der Waals surface area contributed by atoms with Crippen molar-refractivity contribution in [2.24, 2.45) is 0 Å². The van der Waals surface area contributed by atoms with Crippen molar-refractivity contribution in [1.82, 2.24) is 15.3 Å². The minimum Gasteiger partial charge on any atom is -0.347 e. The average Bonchev–Trinajstić information content (AvgIpc) is 2.86. The second-order valence-electron chi connectivity index (χ2n) is 3.99. The quantitative estimate of drug-likeness (QED) is 0.880. The van der Waals surface area contributed by atoms with E-state index >= 15 is 0 Å². The van der Waals surface area contributed by atoms with Gasteiger partial charge in [0.15, 0.2) is 0 Å². The molecule has 0 saturated carbocycles. The number of hydrogen-bond donors (Lipinski definition) is 2. The van der Waals surface area contributed by atoms with Gasteiger partial charge in [-0.2, -0.15) is 0 Å². The van der Waals surface area contributed by atoms with Crippen LogP contribution in [-0.2, 0) is 6.42 Å². The first-order chi connectivity index (χ1) is 8.72. The van der Waals surface area contributed by atoms with Crippen molar-refractivity contribution in [3.63, 3.8) is 0 Å². The second-order valence-corrected chi connectivity index (χ2v) is 4.80. The molecule has 2 N–H and O–H groups in total. The number of aromatic nitrogens is 2. The molecule has 0 aliphatic heterocycles. The van der Waals surface area contributed by atoms with Gasteiger partial charge in [0.25, 0.3) is 0 Å². The van der Waals surface area contributed by atoms with Crippen LogP contribution in [0, 0.1) is 0 Å². The number of benzene rings is 1. The molecule has 1 heterocycles. The van der Waals surface area contributed by atoms with E-state index in [4.69, 9.17) is 23.2 Å². The van der Waals surface area contributed by atoms with Gasteiger partial charge in [-0.25, -0.2) is 4.98 Å². The van der Waals surface area contributed by atoms with Gasteiger partial charge in [-0.15, -0.1) is 0 Å². The van der Waals surface area contributed by atoms with Crippen LogP contribution in [0.3, 0.4) is 0 Å². The van der Waals surface area contributed by atoms with Crippen LogP contribution < -0.4 is 5.32 Å². The van der Waals surface area contributed by atoms with Crippen molar-refractivity contribution < 1.29 is 0 Å². The van der Waals surface area contributed by atoms with Gasteiger partial charge in [-0.05, 0) is 30.7 Å². The number of nitrogens with zero attached hydrogens (tertiary/aromatic N) is 1. The van der Waals surface area contributed by atoms with Crippen LogP contribution in [0.4, 0.5) is 0 Å². The first kappa shape index (κ1) is 13.4. The second kappa shape index (κ2) is 6.23. The van der Waals surface area contributed by atoms with E-state index in [1.807, 2.05) is 24.4 Å². The van der Waals surface area contributed by atoms with E-state index in [9.17, 15) is 0 Å². The van der Waals surface area contributed by atoms with Gasteiger partial charge in [-0.3, -0.25) is 0 Å². The minimum atomic E-state index is 0.0856. The Morgan fingerprint density at radius 2 is 2.06 bits per heavy atom. The monoisotopic (exact) mass is 283 g/mol. The Kier molecular flexibility index (Phi) is 4.64. The fourth-order valence-electron chi connectivity index (χ4n) is 1.91. The molecule has 0 bridgehead atoms. The molecule has 0 aliphatic rings. The Bertz CT molecular complexity index is 477. The lowest BCUT2D eigenvalue weighted by atomic mass is 10.1. The fourth-order valence-corrected chi connectivity index (χ4v) is 2.46. The third-order valence-corrected chi connectivity index (χ3v) is 3.48. The number of rotatable bonds is 5. The van der Waals surface area contributed by atoms with E-state index in [-0.39, 0.29) is 6.04 Å². The van der Waals surface area contributed by atoms with Crippen molar-refractivity contribution in [3.8, 4) is 0 Å². The van der Waals surface area contributed by atoms with Crippen LogP contribution in [0.1, 0.15) is 24.4 Å². The minimum absolute atomic E-state index is 0.0856. The van der Waals surface area contributed by atoms with Gasteiger partial charge in [0.05, 0.1) is 6.04 Å². The van der Waals surface area contributed by atoms with Crippen molar-refractivity contribution in [3.05, 3.63) is 52.0 Å². The van der Waals surface area contributed by atoms with Crippen molar-refractivity contribution in [2.75, 3.05) is 6.54 Å². The summed E-state index contributed by atoms with van der Waals surface area (Å²) in [6.45, 7) is 2.91. The molecule has 0 fully saturated rings. The zero-order chi connectivity index (χ0) is 13.0. The standard InChI is InChI=1S/C13H15Cl2N3/c1-2-16-12(13-17-6-7-18-13)8-9-10(14)4-3-5-11(9)15/h3-7,12,16H,2,8H2,1H3,(H,17,18). The summed E-state index contributed by atoms with van der Waals surface area (Å²) in [5, 5.41) is 4.76. The fraction of sp³-hybridized carbons (Fsp3) is 0.308. The highest BCUT2D eigenvalue weighted by molar-refractivity contribution is 6.36. The van der Waals surface area contributed by atoms with Gasteiger partial charge in [-0.1, -0.05) is 36.2 Å². The molecule has 1 atom stereocenters. The zero-order valence-corrected chi connectivity index (χ0v) is 11.6. The predicted molar refractivity (Wildman–Crippen MR) is 75.2 cm³/mol. The first-order valence-electron chi connectivity index (χ1n) is 5.88. The van der Waals surface area contributed by atoms with Gasteiger partial charge in [0, 0.05) is 22.4 Å². The van der Waals surface area contributed by atoms with Crippen LogP contribution in [0.5, 0.6) is 0 Å². The van der Waals surface area contributed by atoms with Crippen LogP contribution in [0.15, 0.2) is 30.6 Å². The highest BCUT2D eigenvalue weighted by Gasteiger charge is 2.16. The Hall–Kier alpha value is -1.03. The molecule has 0 radical (unpaired) electrons. The summed E-state index contributed by atoms with van der Waals surface area (Å²) >= 11 is 12.4. The number of hydrogen-bond acceptors (Lipinski definition) is 2. The van der Waals surface area contributed by atoms with Gasteiger partial charge in [0.2, 0.25) is 0 Å². The Morgan fingerprint density at radius 3 is 2.61 bits per heavy atom. The summed E-state index contributed by atoms with van der Waals surface area (Å²) in [7, 11) is 0. The van der Waals surface area contributed by atoms with Crippen LogP contribution in [0.25, 0.3) is 0 Å². The third-order valence-electron chi connectivity index (χ3n) is 2.77. The molecule has 96 valence electrons. The van der Waals surface area contributed by atoms with Crippen molar-refractivity contribution in [1.29, 1.82) is 0 Å². The zero-order valence-electron chi connectivity index (χ0n) is 10.1. The smallest absolute Gasteiger partial charge is 0.123 e. The largest absolute Gasteiger partial charge is 0.347 e. The highest BCUT2D eigenvalue weighted by Crippen LogP contribution is 2.28. The normalized spacial score (nSPS) is 12.6. The summed E-state index contributed by atoms with van der Waals surface area (Å²) in [4.78, 5) is 7.41. The number of likely N-dealkylation sites (N-methyl/N-ethyl adjacent to an activating group) is 1. The molecule has 18 heavy (non-hydrogen) atoms. The number of nitrogens with one attached hydrogen (secondary N) is 2. The maximum Gasteiger partial charge on any atom is 0.123 e. The summed E-state index contributed by atoms with van der Waals surface area (Å²) in [5.41, 5.74) is 0.947.